The largest absolute Gasteiger partial charge is 0.490 e. The molecule has 0 aliphatic heterocycles. The second-order valence-electron chi connectivity index (χ2n) is 7.41. The van der Waals surface area contributed by atoms with Crippen molar-refractivity contribution in [3.8, 4) is 11.5 Å². The van der Waals surface area contributed by atoms with Gasteiger partial charge in [-0.05, 0) is 69.5 Å². The van der Waals surface area contributed by atoms with Crippen LogP contribution in [0.3, 0.4) is 0 Å². The van der Waals surface area contributed by atoms with E-state index in [4.69, 9.17) is 20.2 Å². The van der Waals surface area contributed by atoms with E-state index in [9.17, 15) is 9.59 Å². The summed E-state index contributed by atoms with van der Waals surface area (Å²) < 4.78 is 14.5. The van der Waals surface area contributed by atoms with E-state index in [1.807, 2.05) is 32.9 Å². The number of rotatable bonds is 9. The molecule has 2 aromatic carbocycles. The van der Waals surface area contributed by atoms with Gasteiger partial charge in [0.2, 0.25) is 0 Å². The molecule has 1 aromatic heterocycles. The van der Waals surface area contributed by atoms with Gasteiger partial charge in [-0.25, -0.2) is 4.98 Å². The third-order valence-electron chi connectivity index (χ3n) is 5.01. The van der Waals surface area contributed by atoms with Crippen molar-refractivity contribution in [3.63, 3.8) is 0 Å². The third kappa shape index (κ3) is 5.69. The fourth-order valence-corrected chi connectivity index (χ4v) is 4.43. The van der Waals surface area contributed by atoms with Crippen molar-refractivity contribution in [1.29, 1.82) is 0 Å². The van der Waals surface area contributed by atoms with Crippen molar-refractivity contribution in [3.05, 3.63) is 59.4 Å². The molecule has 2 N–H and O–H groups in total. The summed E-state index contributed by atoms with van der Waals surface area (Å²) in [5.41, 5.74) is 6.19. The lowest BCUT2D eigenvalue weighted by Gasteiger charge is -2.16. The van der Waals surface area contributed by atoms with Crippen LogP contribution in [0, 0.1) is 0 Å². The van der Waals surface area contributed by atoms with Gasteiger partial charge in [0, 0.05) is 20.4 Å². The standard InChI is InChI=1S/C23H23Br3N4O4/c1-4-12(3)22-29-16-7-6-14(24)9-15(16)23(32)30(22)28-10-13-8-17(33-5-2)21(20(26)19(13)25)34-11-18(27)31/h6-10,12H,4-5,11H2,1-3H3,(H2,27,31)/t12-/m1/s1. The quantitative estimate of drug-likeness (QED) is 0.312. The first-order valence-corrected chi connectivity index (χ1v) is 12.9. The molecule has 0 spiro atoms. The summed E-state index contributed by atoms with van der Waals surface area (Å²) in [5.74, 6) is 0.704. The molecule has 0 saturated carbocycles. The minimum absolute atomic E-state index is 0.0108. The van der Waals surface area contributed by atoms with Gasteiger partial charge in [0.05, 0.1) is 28.2 Å². The summed E-state index contributed by atoms with van der Waals surface area (Å²) in [6, 6.07) is 7.11. The smallest absolute Gasteiger partial charge is 0.282 e. The van der Waals surface area contributed by atoms with Gasteiger partial charge in [0.25, 0.3) is 11.5 Å². The van der Waals surface area contributed by atoms with Crippen molar-refractivity contribution in [2.45, 2.75) is 33.1 Å². The van der Waals surface area contributed by atoms with Gasteiger partial charge < -0.3 is 15.2 Å². The highest BCUT2D eigenvalue weighted by atomic mass is 79.9. The van der Waals surface area contributed by atoms with Crippen molar-refractivity contribution in [2.24, 2.45) is 10.8 Å². The molecule has 0 bridgehead atoms. The molecule has 0 saturated heterocycles. The van der Waals surface area contributed by atoms with E-state index in [1.54, 1.807) is 18.3 Å². The molecule has 0 radical (unpaired) electrons. The number of halogens is 3. The van der Waals surface area contributed by atoms with Crippen LogP contribution in [0.2, 0.25) is 0 Å². The second kappa shape index (κ2) is 11.5. The number of nitrogens with two attached hydrogens (primary N) is 1. The van der Waals surface area contributed by atoms with Crippen LogP contribution in [0.4, 0.5) is 0 Å². The summed E-state index contributed by atoms with van der Waals surface area (Å²) in [5, 5.41) is 4.97. The van der Waals surface area contributed by atoms with Gasteiger partial charge >= 0.3 is 0 Å². The van der Waals surface area contributed by atoms with Crippen LogP contribution in [0.25, 0.3) is 10.9 Å². The number of benzene rings is 2. The van der Waals surface area contributed by atoms with Crippen molar-refractivity contribution < 1.29 is 14.3 Å². The molecule has 3 rings (SSSR count). The molecule has 8 nitrogen and oxygen atoms in total. The first-order valence-electron chi connectivity index (χ1n) is 10.5. The maximum Gasteiger partial charge on any atom is 0.282 e. The Morgan fingerprint density at radius 3 is 2.59 bits per heavy atom. The van der Waals surface area contributed by atoms with Crippen LogP contribution in [-0.2, 0) is 4.79 Å². The number of amides is 1. The monoisotopic (exact) mass is 656 g/mol. The molecule has 3 aromatic rings. The van der Waals surface area contributed by atoms with E-state index in [0.717, 1.165) is 10.9 Å². The Kier molecular flexibility index (Phi) is 8.89. The Morgan fingerprint density at radius 2 is 1.94 bits per heavy atom. The average molecular weight is 659 g/mol. The molecule has 34 heavy (non-hydrogen) atoms. The first kappa shape index (κ1) is 26.4. The highest BCUT2D eigenvalue weighted by molar-refractivity contribution is 9.13. The number of carbonyl (C=O) groups is 1. The van der Waals surface area contributed by atoms with Gasteiger partial charge in [-0.2, -0.15) is 9.78 Å². The average Bonchev–Trinajstić information content (AvgIpc) is 2.80. The Balaban J connectivity index is 2.16. The highest BCUT2D eigenvalue weighted by Gasteiger charge is 2.19. The van der Waals surface area contributed by atoms with Gasteiger partial charge in [0.1, 0.15) is 5.82 Å². The van der Waals surface area contributed by atoms with Crippen LogP contribution in [0.1, 0.15) is 44.5 Å². The number of nitrogens with zero attached hydrogens (tertiary/aromatic N) is 3. The van der Waals surface area contributed by atoms with Crippen LogP contribution >= 0.6 is 47.8 Å². The van der Waals surface area contributed by atoms with E-state index < -0.39 is 5.91 Å². The molecule has 0 aliphatic carbocycles. The maximum atomic E-state index is 13.3. The zero-order chi connectivity index (χ0) is 25.0. The molecule has 11 heteroatoms. The lowest BCUT2D eigenvalue weighted by molar-refractivity contribution is -0.119. The van der Waals surface area contributed by atoms with Crippen LogP contribution < -0.4 is 20.8 Å². The van der Waals surface area contributed by atoms with Crippen LogP contribution in [0.5, 0.6) is 11.5 Å². The van der Waals surface area contributed by atoms with Gasteiger partial charge in [-0.15, -0.1) is 0 Å². The molecule has 1 heterocycles. The second-order valence-corrected chi connectivity index (χ2v) is 9.91. The minimum Gasteiger partial charge on any atom is -0.490 e. The van der Waals surface area contributed by atoms with E-state index in [-0.39, 0.29) is 18.1 Å². The number of aromatic nitrogens is 2. The SMILES string of the molecule is CCOc1cc(C=Nn2c([C@H](C)CC)nc3ccc(Br)cc3c2=O)c(Br)c(Br)c1OCC(N)=O. The van der Waals surface area contributed by atoms with Crippen molar-refractivity contribution in [2.75, 3.05) is 13.2 Å². The number of ether oxygens (including phenoxy) is 2. The van der Waals surface area contributed by atoms with Gasteiger partial charge in [-0.1, -0.05) is 29.8 Å². The number of primary amides is 1. The molecule has 1 atom stereocenters. The first-order chi connectivity index (χ1) is 16.2. The predicted molar refractivity (Wildman–Crippen MR) is 143 cm³/mol. The lowest BCUT2D eigenvalue weighted by Crippen LogP contribution is -2.23. The fraction of sp³-hybridized carbons (Fsp3) is 0.304. The Morgan fingerprint density at radius 1 is 1.21 bits per heavy atom. The molecule has 1 amide bonds. The molecule has 0 fully saturated rings. The number of fused-ring (bicyclic) bond motifs is 1. The van der Waals surface area contributed by atoms with E-state index >= 15 is 0 Å². The highest BCUT2D eigenvalue weighted by Crippen LogP contribution is 2.42. The van der Waals surface area contributed by atoms with Crippen LogP contribution in [0.15, 0.2) is 47.6 Å². The molecular formula is C23H23Br3N4O4. The topological polar surface area (TPSA) is 109 Å². The zero-order valence-electron chi connectivity index (χ0n) is 18.8. The summed E-state index contributed by atoms with van der Waals surface area (Å²) in [7, 11) is 0. The third-order valence-corrected chi connectivity index (χ3v) is 7.65. The van der Waals surface area contributed by atoms with Gasteiger partial charge in [0.15, 0.2) is 18.1 Å². The summed E-state index contributed by atoms with van der Waals surface area (Å²) in [6.07, 6.45) is 2.34. The van der Waals surface area contributed by atoms with E-state index in [2.05, 4.69) is 52.9 Å². The van der Waals surface area contributed by atoms with Crippen molar-refractivity contribution in [1.82, 2.24) is 9.66 Å². The summed E-state index contributed by atoms with van der Waals surface area (Å²) >= 11 is 10.4. The zero-order valence-corrected chi connectivity index (χ0v) is 23.5. The fourth-order valence-electron chi connectivity index (χ4n) is 3.14. The maximum absolute atomic E-state index is 13.3. The molecule has 0 unspecified atom stereocenters. The van der Waals surface area contributed by atoms with E-state index in [0.29, 0.717) is 49.3 Å². The normalized spacial score (nSPS) is 12.3. The van der Waals surface area contributed by atoms with Crippen molar-refractivity contribution >= 4 is 70.8 Å². The Bertz CT molecular complexity index is 1320. The minimum atomic E-state index is -0.608. The molecular weight excluding hydrogens is 636 g/mol. The van der Waals surface area contributed by atoms with Crippen LogP contribution in [-0.4, -0.2) is 35.0 Å². The summed E-state index contributed by atoms with van der Waals surface area (Å²) in [4.78, 5) is 29.3. The number of hydrogen-bond donors (Lipinski definition) is 1. The van der Waals surface area contributed by atoms with Gasteiger partial charge in [-0.3, -0.25) is 9.59 Å². The lowest BCUT2D eigenvalue weighted by atomic mass is 10.1. The number of hydrogen-bond acceptors (Lipinski definition) is 6. The number of carbonyl (C=O) groups excluding carboxylic acids is 1. The molecule has 0 aliphatic rings. The van der Waals surface area contributed by atoms with E-state index in [1.165, 1.54) is 4.68 Å². The summed E-state index contributed by atoms with van der Waals surface area (Å²) in [6.45, 7) is 5.94. The Labute approximate surface area is 221 Å². The Hall–Kier alpha value is -2.24. The molecule has 180 valence electrons. The predicted octanol–water partition coefficient (Wildman–Crippen LogP) is 5.34.